The zero-order valence-electron chi connectivity index (χ0n) is 21.6. The summed E-state index contributed by atoms with van der Waals surface area (Å²) in [5.41, 5.74) is 8.16. The fraction of sp³-hybridized carbons (Fsp3) is 0.250. The summed E-state index contributed by atoms with van der Waals surface area (Å²) in [5, 5.41) is 17.0. The van der Waals surface area contributed by atoms with E-state index in [2.05, 4.69) is 10.2 Å². The lowest BCUT2D eigenvalue weighted by atomic mass is 9.95. The van der Waals surface area contributed by atoms with E-state index in [1.165, 1.54) is 49.5 Å². The molecule has 0 aliphatic carbocycles. The predicted molar refractivity (Wildman–Crippen MR) is 151 cm³/mol. The Balaban J connectivity index is 1.59. The molecule has 1 aliphatic rings. The largest absolute Gasteiger partial charge is 0.497 e. The summed E-state index contributed by atoms with van der Waals surface area (Å²) in [5.74, 6) is 0.221. The third kappa shape index (κ3) is 5.34. The van der Waals surface area contributed by atoms with E-state index in [1.54, 1.807) is 29.3 Å². The van der Waals surface area contributed by atoms with E-state index in [4.69, 9.17) is 20.3 Å². The Labute approximate surface area is 233 Å². The van der Waals surface area contributed by atoms with Gasteiger partial charge in [-0.25, -0.2) is 13.8 Å². The SMILES string of the molecule is COc1ccc(F)c(C2=NN(c3nnc(C)s3)C(CCC(N)c3cc(OC)ccc3F)(c3ccccc3)S2)c1. The van der Waals surface area contributed by atoms with Crippen molar-refractivity contribution in [1.29, 1.82) is 0 Å². The third-order valence-electron chi connectivity index (χ3n) is 6.52. The van der Waals surface area contributed by atoms with Crippen LogP contribution in [0, 0.1) is 18.6 Å². The average Bonchev–Trinajstić information content (AvgIpc) is 3.57. The van der Waals surface area contributed by atoms with Gasteiger partial charge in [-0.05, 0) is 61.7 Å². The molecule has 39 heavy (non-hydrogen) atoms. The second kappa shape index (κ2) is 11.3. The van der Waals surface area contributed by atoms with E-state index in [0.29, 0.717) is 45.6 Å². The van der Waals surface area contributed by atoms with Gasteiger partial charge in [-0.15, -0.1) is 10.2 Å². The first-order valence-corrected chi connectivity index (χ1v) is 13.8. The maximum Gasteiger partial charge on any atom is 0.230 e. The number of hydrogen-bond donors (Lipinski definition) is 1. The van der Waals surface area contributed by atoms with E-state index in [-0.39, 0.29) is 0 Å². The van der Waals surface area contributed by atoms with Gasteiger partial charge in [0.25, 0.3) is 0 Å². The number of methoxy groups -OCH3 is 2. The van der Waals surface area contributed by atoms with Crippen LogP contribution >= 0.6 is 23.1 Å². The van der Waals surface area contributed by atoms with Crippen LogP contribution in [-0.4, -0.2) is 29.5 Å². The zero-order chi connectivity index (χ0) is 27.6. The summed E-state index contributed by atoms with van der Waals surface area (Å²) in [6, 6.07) is 18.3. The van der Waals surface area contributed by atoms with Crippen LogP contribution in [0.15, 0.2) is 71.8 Å². The van der Waals surface area contributed by atoms with Gasteiger partial charge in [0.15, 0.2) is 0 Å². The highest BCUT2D eigenvalue weighted by Crippen LogP contribution is 2.53. The molecule has 2 N–H and O–H groups in total. The van der Waals surface area contributed by atoms with Gasteiger partial charge in [0.2, 0.25) is 5.13 Å². The van der Waals surface area contributed by atoms with E-state index in [0.717, 1.165) is 10.6 Å². The molecule has 7 nitrogen and oxygen atoms in total. The summed E-state index contributed by atoms with van der Waals surface area (Å²) < 4.78 is 40.5. The fourth-order valence-electron chi connectivity index (χ4n) is 4.49. The Morgan fingerprint density at radius 2 is 1.64 bits per heavy atom. The molecule has 0 saturated heterocycles. The minimum atomic E-state index is -0.856. The number of thioether (sulfide) groups is 1. The molecule has 4 aromatic rings. The van der Waals surface area contributed by atoms with Gasteiger partial charge >= 0.3 is 0 Å². The van der Waals surface area contributed by atoms with Gasteiger partial charge in [-0.3, -0.25) is 0 Å². The van der Waals surface area contributed by atoms with E-state index in [9.17, 15) is 4.39 Å². The summed E-state index contributed by atoms with van der Waals surface area (Å²) in [7, 11) is 3.06. The number of anilines is 1. The molecule has 1 aliphatic heterocycles. The second-order valence-electron chi connectivity index (χ2n) is 8.95. The van der Waals surface area contributed by atoms with Crippen LogP contribution < -0.4 is 20.2 Å². The molecule has 0 fully saturated rings. The molecule has 11 heteroatoms. The molecule has 202 valence electrons. The van der Waals surface area contributed by atoms with Crippen molar-refractivity contribution in [1.82, 2.24) is 10.2 Å². The molecule has 1 aromatic heterocycles. The first-order chi connectivity index (χ1) is 18.8. The first-order valence-electron chi connectivity index (χ1n) is 12.2. The number of rotatable bonds is 9. The molecule has 2 atom stereocenters. The normalized spacial score (nSPS) is 17.7. The van der Waals surface area contributed by atoms with Crippen molar-refractivity contribution in [3.05, 3.63) is 100 Å². The Hall–Kier alpha value is -3.54. The molecule has 5 rings (SSSR count). The first kappa shape index (κ1) is 27.0. The topological polar surface area (TPSA) is 85.9 Å². The standard InChI is InChI=1S/C28H27F2N5O2S2/c1-17-32-33-27(38-17)35-28(18-7-5-4-6-8-18,14-13-25(31)21-15-19(36-2)9-11-23(21)29)39-26(34-35)22-16-20(37-3)10-12-24(22)30/h4-12,15-16,25H,13-14,31H2,1-3H3. The van der Waals surface area contributed by atoms with Gasteiger partial charge in [0, 0.05) is 17.2 Å². The molecular weight excluding hydrogens is 540 g/mol. The van der Waals surface area contributed by atoms with Crippen molar-refractivity contribution in [3.63, 3.8) is 0 Å². The van der Waals surface area contributed by atoms with Crippen LogP contribution in [0.4, 0.5) is 13.9 Å². The number of hydrogen-bond acceptors (Lipinski definition) is 9. The summed E-state index contributed by atoms with van der Waals surface area (Å²) in [6.07, 6.45) is 0.834. The van der Waals surface area contributed by atoms with Crippen molar-refractivity contribution < 1.29 is 18.3 Å². The quantitative estimate of drug-likeness (QED) is 0.251. The van der Waals surface area contributed by atoms with Gasteiger partial charge < -0.3 is 15.2 Å². The van der Waals surface area contributed by atoms with E-state index < -0.39 is 22.5 Å². The van der Waals surface area contributed by atoms with Gasteiger partial charge in [0.05, 0.1) is 14.2 Å². The van der Waals surface area contributed by atoms with Crippen LogP contribution in [-0.2, 0) is 4.87 Å². The smallest absolute Gasteiger partial charge is 0.230 e. The molecule has 0 spiro atoms. The lowest BCUT2D eigenvalue weighted by Crippen LogP contribution is -2.38. The van der Waals surface area contributed by atoms with Crippen LogP contribution in [0.25, 0.3) is 0 Å². The number of ether oxygens (including phenoxy) is 2. The van der Waals surface area contributed by atoms with Gasteiger partial charge in [-0.2, -0.15) is 5.10 Å². The molecule has 0 bridgehead atoms. The second-order valence-corrected chi connectivity index (χ2v) is 11.4. The molecule has 0 amide bonds. The number of hydrazone groups is 1. The van der Waals surface area contributed by atoms with Crippen molar-refractivity contribution in [2.45, 2.75) is 30.7 Å². The average molecular weight is 568 g/mol. The van der Waals surface area contributed by atoms with Crippen LogP contribution in [0.1, 0.15) is 40.6 Å². The number of aryl methyl sites for hydroxylation is 1. The molecule has 2 unspecified atom stereocenters. The highest BCUT2D eigenvalue weighted by atomic mass is 32.2. The predicted octanol–water partition coefficient (Wildman–Crippen LogP) is 6.39. The summed E-state index contributed by atoms with van der Waals surface area (Å²) in [6.45, 7) is 1.86. The van der Waals surface area contributed by atoms with Crippen LogP contribution in [0.3, 0.4) is 0 Å². The van der Waals surface area contributed by atoms with Crippen molar-refractivity contribution >= 4 is 33.3 Å². The third-order valence-corrected chi connectivity index (χ3v) is 8.78. The van der Waals surface area contributed by atoms with Crippen LogP contribution in [0.2, 0.25) is 0 Å². The molecular formula is C28H27F2N5O2S2. The van der Waals surface area contributed by atoms with Crippen molar-refractivity contribution in [2.24, 2.45) is 10.8 Å². The van der Waals surface area contributed by atoms with Crippen molar-refractivity contribution in [2.75, 3.05) is 19.2 Å². The highest BCUT2D eigenvalue weighted by molar-refractivity contribution is 8.15. The summed E-state index contributed by atoms with van der Waals surface area (Å²) in [4.78, 5) is -0.856. The molecule has 0 saturated carbocycles. The Bertz CT molecular complexity index is 1500. The van der Waals surface area contributed by atoms with Gasteiger partial charge in [-0.1, -0.05) is 53.4 Å². The Morgan fingerprint density at radius 1 is 0.949 bits per heavy atom. The Kier molecular flexibility index (Phi) is 7.83. The fourth-order valence-corrected chi connectivity index (χ4v) is 6.65. The molecule has 3 aromatic carbocycles. The Morgan fingerprint density at radius 3 is 2.31 bits per heavy atom. The number of nitrogens with zero attached hydrogens (tertiary/aromatic N) is 4. The van der Waals surface area contributed by atoms with Crippen molar-refractivity contribution in [3.8, 4) is 11.5 Å². The highest BCUT2D eigenvalue weighted by Gasteiger charge is 2.48. The minimum Gasteiger partial charge on any atom is -0.497 e. The number of aromatic nitrogens is 2. The van der Waals surface area contributed by atoms with E-state index in [1.807, 2.05) is 37.3 Å². The minimum absolute atomic E-state index is 0.312. The number of nitrogens with two attached hydrogens (primary N) is 1. The molecule has 0 radical (unpaired) electrons. The van der Waals surface area contributed by atoms with E-state index >= 15 is 4.39 Å². The van der Waals surface area contributed by atoms with Crippen LogP contribution in [0.5, 0.6) is 11.5 Å². The lowest BCUT2D eigenvalue weighted by molar-refractivity contribution is 0.410. The monoisotopic (exact) mass is 567 g/mol. The molecule has 2 heterocycles. The van der Waals surface area contributed by atoms with Gasteiger partial charge in [0.1, 0.15) is 38.1 Å². The summed E-state index contributed by atoms with van der Waals surface area (Å²) >= 11 is 2.79. The maximum atomic E-state index is 15.1. The number of halogens is 2. The lowest BCUT2D eigenvalue weighted by Gasteiger charge is -2.36. The number of benzene rings is 3. The zero-order valence-corrected chi connectivity index (χ0v) is 23.2. The maximum absolute atomic E-state index is 15.1.